The van der Waals surface area contributed by atoms with E-state index in [4.69, 9.17) is 5.26 Å². The van der Waals surface area contributed by atoms with Crippen LogP contribution in [-0.2, 0) is 11.2 Å². The predicted molar refractivity (Wildman–Crippen MR) is 94.7 cm³/mol. The number of fused-ring (bicyclic) bond motifs is 1. The first-order chi connectivity index (χ1) is 11.8. The van der Waals surface area contributed by atoms with Crippen molar-refractivity contribution >= 4 is 22.5 Å². The molecule has 0 fully saturated rings. The minimum absolute atomic E-state index is 0.156. The van der Waals surface area contributed by atoms with Gasteiger partial charge in [0.25, 0.3) is 0 Å². The van der Waals surface area contributed by atoms with Crippen LogP contribution in [0.15, 0.2) is 54.7 Å². The van der Waals surface area contributed by atoms with Gasteiger partial charge in [-0.05, 0) is 36.7 Å². The predicted octanol–water partition coefficient (Wildman–Crippen LogP) is 2.81. The molecule has 1 heterocycles. The Bertz CT molecular complexity index is 892. The molecular weight excluding hydrogens is 300 g/mol. The molecule has 3 N–H and O–H groups in total. The maximum atomic E-state index is 12.0. The van der Waals surface area contributed by atoms with Crippen LogP contribution in [0, 0.1) is 11.3 Å². The van der Waals surface area contributed by atoms with Gasteiger partial charge in [0.05, 0.1) is 17.8 Å². The molecule has 24 heavy (non-hydrogen) atoms. The van der Waals surface area contributed by atoms with E-state index in [-0.39, 0.29) is 12.5 Å². The number of hydrogen-bond donors (Lipinski definition) is 3. The number of benzene rings is 2. The fourth-order valence-electron chi connectivity index (χ4n) is 2.65. The second-order valence-electron chi connectivity index (χ2n) is 5.49. The number of nitriles is 1. The number of carbonyl (C=O) groups is 1. The largest absolute Gasteiger partial charge is 0.361 e. The highest BCUT2D eigenvalue weighted by atomic mass is 16.1. The minimum atomic E-state index is -0.156. The molecule has 5 nitrogen and oxygen atoms in total. The minimum Gasteiger partial charge on any atom is -0.361 e. The average molecular weight is 318 g/mol. The van der Waals surface area contributed by atoms with Gasteiger partial charge in [-0.3, -0.25) is 4.79 Å². The van der Waals surface area contributed by atoms with Crippen molar-refractivity contribution in [3.8, 4) is 6.07 Å². The van der Waals surface area contributed by atoms with Crippen molar-refractivity contribution in [1.82, 2.24) is 10.3 Å². The van der Waals surface area contributed by atoms with Gasteiger partial charge < -0.3 is 15.6 Å². The Morgan fingerprint density at radius 2 is 1.92 bits per heavy atom. The zero-order valence-corrected chi connectivity index (χ0v) is 13.2. The van der Waals surface area contributed by atoms with Crippen molar-refractivity contribution in [3.05, 3.63) is 65.9 Å². The highest BCUT2D eigenvalue weighted by Gasteiger charge is 2.06. The van der Waals surface area contributed by atoms with E-state index in [0.29, 0.717) is 17.8 Å². The molecule has 2 aromatic carbocycles. The molecule has 0 aliphatic carbocycles. The Morgan fingerprint density at radius 1 is 1.12 bits per heavy atom. The van der Waals surface area contributed by atoms with Gasteiger partial charge in [0.1, 0.15) is 6.07 Å². The first-order valence-electron chi connectivity index (χ1n) is 7.82. The third kappa shape index (κ3) is 3.62. The van der Waals surface area contributed by atoms with E-state index in [1.807, 2.05) is 24.4 Å². The third-order valence-corrected chi connectivity index (χ3v) is 3.85. The summed E-state index contributed by atoms with van der Waals surface area (Å²) in [6.45, 7) is 0.914. The summed E-state index contributed by atoms with van der Waals surface area (Å²) in [6.07, 6.45) is 2.85. The summed E-state index contributed by atoms with van der Waals surface area (Å²) in [7, 11) is 0. The zero-order valence-electron chi connectivity index (χ0n) is 13.2. The summed E-state index contributed by atoms with van der Waals surface area (Å²) in [5, 5.41) is 16.1. The van der Waals surface area contributed by atoms with Gasteiger partial charge in [-0.1, -0.05) is 30.3 Å². The summed E-state index contributed by atoms with van der Waals surface area (Å²) in [4.78, 5) is 15.2. The molecule has 0 atom stereocenters. The fourth-order valence-corrected chi connectivity index (χ4v) is 2.65. The maximum Gasteiger partial charge on any atom is 0.238 e. The van der Waals surface area contributed by atoms with E-state index >= 15 is 0 Å². The van der Waals surface area contributed by atoms with Crippen molar-refractivity contribution in [3.63, 3.8) is 0 Å². The van der Waals surface area contributed by atoms with Crippen LogP contribution in [0.4, 0.5) is 5.69 Å². The van der Waals surface area contributed by atoms with Gasteiger partial charge in [-0.25, -0.2) is 0 Å². The second kappa shape index (κ2) is 7.44. The number of nitrogens with one attached hydrogen (secondary N) is 3. The van der Waals surface area contributed by atoms with E-state index in [0.717, 1.165) is 11.9 Å². The second-order valence-corrected chi connectivity index (χ2v) is 5.49. The molecule has 0 aliphatic rings. The molecule has 0 spiro atoms. The van der Waals surface area contributed by atoms with Crippen LogP contribution in [0.1, 0.15) is 11.1 Å². The number of carbonyl (C=O) groups excluding carboxylic acids is 1. The first kappa shape index (κ1) is 15.8. The quantitative estimate of drug-likeness (QED) is 0.611. The van der Waals surface area contributed by atoms with Crippen LogP contribution in [-0.4, -0.2) is 24.0 Å². The Balaban J connectivity index is 1.48. The lowest BCUT2D eigenvalue weighted by molar-refractivity contribution is -0.115. The standard InChI is InChI=1S/C19H18N4O/c20-11-14-5-1-3-7-17(14)23-19(24)13-21-10-9-15-12-22-18-8-4-2-6-16(15)18/h1-8,12,21-22H,9-10,13H2,(H,23,24). The molecule has 0 saturated heterocycles. The van der Waals surface area contributed by atoms with Crippen LogP contribution in [0.25, 0.3) is 10.9 Å². The van der Waals surface area contributed by atoms with Gasteiger partial charge in [0.15, 0.2) is 0 Å². The molecule has 0 unspecified atom stereocenters. The molecule has 1 amide bonds. The third-order valence-electron chi connectivity index (χ3n) is 3.85. The van der Waals surface area contributed by atoms with Gasteiger partial charge in [0, 0.05) is 17.1 Å². The van der Waals surface area contributed by atoms with Gasteiger partial charge in [0.2, 0.25) is 5.91 Å². The average Bonchev–Trinajstić information content (AvgIpc) is 3.02. The van der Waals surface area contributed by atoms with Crippen LogP contribution >= 0.6 is 0 Å². The Hall–Kier alpha value is -3.10. The number of hydrogen-bond acceptors (Lipinski definition) is 3. The number of nitrogens with zero attached hydrogens (tertiary/aromatic N) is 1. The molecular formula is C19H18N4O. The SMILES string of the molecule is N#Cc1ccccc1NC(=O)CNCCc1c[nH]c2ccccc12. The van der Waals surface area contributed by atoms with E-state index in [2.05, 4.69) is 27.8 Å². The number of rotatable bonds is 6. The van der Waals surface area contributed by atoms with Crippen molar-refractivity contribution in [2.45, 2.75) is 6.42 Å². The van der Waals surface area contributed by atoms with Crippen molar-refractivity contribution in [1.29, 1.82) is 5.26 Å². The van der Waals surface area contributed by atoms with E-state index in [1.165, 1.54) is 10.9 Å². The van der Waals surface area contributed by atoms with Crippen molar-refractivity contribution in [2.24, 2.45) is 0 Å². The topological polar surface area (TPSA) is 80.7 Å². The van der Waals surface area contributed by atoms with Gasteiger partial charge >= 0.3 is 0 Å². The summed E-state index contributed by atoms with van der Waals surface area (Å²) in [6, 6.07) is 17.2. The molecule has 1 aromatic heterocycles. The highest BCUT2D eigenvalue weighted by Crippen LogP contribution is 2.17. The number of aromatic nitrogens is 1. The van der Waals surface area contributed by atoms with E-state index in [9.17, 15) is 4.79 Å². The molecule has 120 valence electrons. The Morgan fingerprint density at radius 3 is 2.79 bits per heavy atom. The molecule has 5 heteroatoms. The molecule has 3 aromatic rings. The lowest BCUT2D eigenvalue weighted by atomic mass is 10.1. The Labute approximate surface area is 140 Å². The summed E-state index contributed by atoms with van der Waals surface area (Å²) < 4.78 is 0. The highest BCUT2D eigenvalue weighted by molar-refractivity contribution is 5.93. The fraction of sp³-hybridized carbons (Fsp3) is 0.158. The van der Waals surface area contributed by atoms with Crippen LogP contribution < -0.4 is 10.6 Å². The van der Waals surface area contributed by atoms with Crippen molar-refractivity contribution < 1.29 is 4.79 Å². The van der Waals surface area contributed by atoms with Crippen LogP contribution in [0.5, 0.6) is 0 Å². The zero-order chi connectivity index (χ0) is 16.8. The molecule has 0 radical (unpaired) electrons. The number of para-hydroxylation sites is 2. The summed E-state index contributed by atoms with van der Waals surface area (Å²) in [5.74, 6) is -0.156. The Kier molecular flexibility index (Phi) is 4.90. The lowest BCUT2D eigenvalue weighted by Crippen LogP contribution is -2.29. The van der Waals surface area contributed by atoms with E-state index in [1.54, 1.807) is 24.3 Å². The van der Waals surface area contributed by atoms with E-state index < -0.39 is 0 Å². The lowest BCUT2D eigenvalue weighted by Gasteiger charge is -2.08. The number of anilines is 1. The number of aromatic amines is 1. The molecule has 3 rings (SSSR count). The monoisotopic (exact) mass is 318 g/mol. The van der Waals surface area contributed by atoms with Crippen molar-refractivity contribution in [2.75, 3.05) is 18.4 Å². The molecule has 0 aliphatic heterocycles. The number of H-pyrrole nitrogens is 1. The van der Waals surface area contributed by atoms with Gasteiger partial charge in [-0.2, -0.15) is 5.26 Å². The van der Waals surface area contributed by atoms with Gasteiger partial charge in [-0.15, -0.1) is 0 Å². The normalized spacial score (nSPS) is 10.5. The first-order valence-corrected chi connectivity index (χ1v) is 7.82. The summed E-state index contributed by atoms with van der Waals surface area (Å²) >= 11 is 0. The van der Waals surface area contributed by atoms with Crippen LogP contribution in [0.3, 0.4) is 0 Å². The summed E-state index contributed by atoms with van der Waals surface area (Å²) in [5.41, 5.74) is 3.36. The maximum absolute atomic E-state index is 12.0. The molecule has 0 bridgehead atoms. The number of amides is 1. The molecule has 0 saturated carbocycles. The van der Waals surface area contributed by atoms with Crippen LogP contribution in [0.2, 0.25) is 0 Å². The smallest absolute Gasteiger partial charge is 0.238 e.